The number of aliphatic imine (C=N–C) groups is 1. The van der Waals surface area contributed by atoms with E-state index in [1.54, 1.807) is 0 Å². The van der Waals surface area contributed by atoms with Crippen LogP contribution in [-0.4, -0.2) is 35.7 Å². The van der Waals surface area contributed by atoms with Gasteiger partial charge in [-0.05, 0) is 39.5 Å². The Morgan fingerprint density at radius 3 is 2.59 bits per heavy atom. The Bertz CT molecular complexity index is 431. The molecule has 1 rings (SSSR count). The highest BCUT2D eigenvalue weighted by Gasteiger charge is 2.09. The predicted molar refractivity (Wildman–Crippen MR) is 88.9 cm³/mol. The molecule has 1 aromatic heterocycles. The molecular formula is C16H30N4O2. The number of hydrogen-bond donors (Lipinski definition) is 3. The molecule has 0 aliphatic carbocycles. The van der Waals surface area contributed by atoms with Crippen LogP contribution in [0.25, 0.3) is 0 Å². The molecule has 3 N–H and O–H groups in total. The van der Waals surface area contributed by atoms with E-state index in [2.05, 4.69) is 27.5 Å². The van der Waals surface area contributed by atoms with Crippen LogP contribution >= 0.6 is 0 Å². The van der Waals surface area contributed by atoms with E-state index >= 15 is 0 Å². The minimum Gasteiger partial charge on any atom is -0.444 e. The van der Waals surface area contributed by atoms with Gasteiger partial charge in [0.2, 0.25) is 5.89 Å². The van der Waals surface area contributed by atoms with E-state index in [-0.39, 0.29) is 6.61 Å². The Kier molecular flexibility index (Phi) is 8.58. The van der Waals surface area contributed by atoms with Crippen LogP contribution in [0.1, 0.15) is 50.5 Å². The Labute approximate surface area is 133 Å². The van der Waals surface area contributed by atoms with Gasteiger partial charge in [0.05, 0.1) is 5.69 Å². The molecule has 1 aromatic rings. The number of nitrogens with one attached hydrogen (secondary N) is 2. The summed E-state index contributed by atoms with van der Waals surface area (Å²) in [5.74, 6) is 2.70. The number of nitrogens with zero attached hydrogens (tertiary/aromatic N) is 2. The second kappa shape index (κ2) is 10.2. The molecule has 0 aromatic carbocycles. The highest BCUT2D eigenvalue weighted by molar-refractivity contribution is 5.79. The molecular weight excluding hydrogens is 280 g/mol. The van der Waals surface area contributed by atoms with Crippen molar-refractivity contribution in [2.75, 3.05) is 19.7 Å². The lowest BCUT2D eigenvalue weighted by Gasteiger charge is -2.18. The molecule has 0 spiro atoms. The summed E-state index contributed by atoms with van der Waals surface area (Å²) in [5.41, 5.74) is 0.911. The summed E-state index contributed by atoms with van der Waals surface area (Å²) in [5, 5.41) is 15.7. The predicted octanol–water partition coefficient (Wildman–Crippen LogP) is 2.15. The molecule has 0 aliphatic heterocycles. The number of hydrogen-bond acceptors (Lipinski definition) is 4. The number of rotatable bonds is 9. The van der Waals surface area contributed by atoms with Gasteiger partial charge in [-0.3, -0.25) is 0 Å². The van der Waals surface area contributed by atoms with E-state index in [1.165, 1.54) is 0 Å². The zero-order valence-electron chi connectivity index (χ0n) is 14.3. The second-order valence-electron chi connectivity index (χ2n) is 5.49. The Balaban J connectivity index is 2.57. The van der Waals surface area contributed by atoms with Gasteiger partial charge in [0.15, 0.2) is 5.96 Å². The maximum absolute atomic E-state index is 9.12. The molecule has 22 heavy (non-hydrogen) atoms. The summed E-state index contributed by atoms with van der Waals surface area (Å²) in [7, 11) is 0. The minimum atomic E-state index is 0.231. The lowest BCUT2D eigenvalue weighted by Crippen LogP contribution is -2.40. The van der Waals surface area contributed by atoms with Crippen molar-refractivity contribution in [3.63, 3.8) is 0 Å². The lowest BCUT2D eigenvalue weighted by atomic mass is 10.0. The topological polar surface area (TPSA) is 82.7 Å². The summed E-state index contributed by atoms with van der Waals surface area (Å²) >= 11 is 0. The normalized spacial score (nSPS) is 13.2. The van der Waals surface area contributed by atoms with Gasteiger partial charge in [-0.25, -0.2) is 9.98 Å². The first-order valence-corrected chi connectivity index (χ1v) is 8.16. The largest absolute Gasteiger partial charge is 0.444 e. The van der Waals surface area contributed by atoms with Gasteiger partial charge >= 0.3 is 0 Å². The molecule has 0 amide bonds. The molecule has 0 saturated carbocycles. The standard InChI is InChI=1S/C16H30N4O2/c1-5-7-14(8-9-21)10-18-16(17-6-2)19-11-15-20-12(3)13(4)22-15/h14,21H,5-11H2,1-4H3,(H2,17,18,19). The van der Waals surface area contributed by atoms with Crippen molar-refractivity contribution in [1.82, 2.24) is 15.6 Å². The summed E-state index contributed by atoms with van der Waals surface area (Å²) < 4.78 is 5.54. The van der Waals surface area contributed by atoms with Crippen LogP contribution in [0.5, 0.6) is 0 Å². The van der Waals surface area contributed by atoms with Crippen molar-refractivity contribution < 1.29 is 9.52 Å². The van der Waals surface area contributed by atoms with E-state index in [1.807, 2.05) is 20.8 Å². The molecule has 6 nitrogen and oxygen atoms in total. The molecule has 0 radical (unpaired) electrons. The number of guanidine groups is 1. The van der Waals surface area contributed by atoms with Crippen LogP contribution in [0.3, 0.4) is 0 Å². The van der Waals surface area contributed by atoms with E-state index in [0.29, 0.717) is 18.4 Å². The van der Waals surface area contributed by atoms with Gasteiger partial charge in [0, 0.05) is 19.7 Å². The van der Waals surface area contributed by atoms with Crippen LogP contribution in [0.2, 0.25) is 0 Å². The van der Waals surface area contributed by atoms with Gasteiger partial charge in [-0.2, -0.15) is 0 Å². The average Bonchev–Trinajstić information content (AvgIpc) is 2.81. The van der Waals surface area contributed by atoms with E-state index in [0.717, 1.165) is 49.8 Å². The first kappa shape index (κ1) is 18.5. The summed E-state index contributed by atoms with van der Waals surface area (Å²) in [6.07, 6.45) is 3.04. The second-order valence-corrected chi connectivity index (χ2v) is 5.49. The number of aromatic nitrogens is 1. The first-order valence-electron chi connectivity index (χ1n) is 8.16. The van der Waals surface area contributed by atoms with Gasteiger partial charge in [-0.15, -0.1) is 0 Å². The van der Waals surface area contributed by atoms with Crippen molar-refractivity contribution in [2.24, 2.45) is 10.9 Å². The number of aryl methyl sites for hydroxylation is 2. The minimum absolute atomic E-state index is 0.231. The van der Waals surface area contributed by atoms with Gasteiger partial charge in [0.1, 0.15) is 12.3 Å². The summed E-state index contributed by atoms with van der Waals surface area (Å²) in [4.78, 5) is 8.84. The summed E-state index contributed by atoms with van der Waals surface area (Å²) in [6.45, 7) is 10.3. The van der Waals surface area contributed by atoms with Crippen LogP contribution in [0.4, 0.5) is 0 Å². The fourth-order valence-corrected chi connectivity index (χ4v) is 2.28. The zero-order chi connectivity index (χ0) is 16.4. The van der Waals surface area contributed by atoms with Crippen LogP contribution in [0.15, 0.2) is 9.41 Å². The average molecular weight is 310 g/mol. The molecule has 1 atom stereocenters. The third-order valence-electron chi connectivity index (χ3n) is 3.58. The maximum Gasteiger partial charge on any atom is 0.216 e. The summed E-state index contributed by atoms with van der Waals surface area (Å²) in [6, 6.07) is 0. The third kappa shape index (κ3) is 6.47. The lowest BCUT2D eigenvalue weighted by molar-refractivity contribution is 0.251. The third-order valence-corrected chi connectivity index (χ3v) is 3.58. The molecule has 0 bridgehead atoms. The van der Waals surface area contributed by atoms with Crippen molar-refractivity contribution >= 4 is 5.96 Å². The van der Waals surface area contributed by atoms with Crippen molar-refractivity contribution in [3.05, 3.63) is 17.3 Å². The molecule has 126 valence electrons. The van der Waals surface area contributed by atoms with Crippen molar-refractivity contribution in [2.45, 2.75) is 53.5 Å². The number of oxazole rings is 1. The van der Waals surface area contributed by atoms with Crippen LogP contribution < -0.4 is 10.6 Å². The molecule has 0 saturated heterocycles. The quantitative estimate of drug-likeness (QED) is 0.481. The van der Waals surface area contributed by atoms with E-state index in [4.69, 9.17) is 9.52 Å². The fraction of sp³-hybridized carbons (Fsp3) is 0.750. The smallest absolute Gasteiger partial charge is 0.216 e. The Morgan fingerprint density at radius 2 is 2.05 bits per heavy atom. The van der Waals surface area contributed by atoms with Crippen molar-refractivity contribution in [1.29, 1.82) is 0 Å². The molecule has 0 aliphatic rings. The highest BCUT2D eigenvalue weighted by atomic mass is 16.4. The number of aliphatic hydroxyl groups excluding tert-OH is 1. The fourth-order valence-electron chi connectivity index (χ4n) is 2.28. The van der Waals surface area contributed by atoms with Crippen LogP contribution in [0, 0.1) is 19.8 Å². The maximum atomic E-state index is 9.12. The van der Waals surface area contributed by atoms with Gasteiger partial charge in [0.25, 0.3) is 0 Å². The van der Waals surface area contributed by atoms with Gasteiger partial charge < -0.3 is 20.2 Å². The zero-order valence-corrected chi connectivity index (χ0v) is 14.3. The highest BCUT2D eigenvalue weighted by Crippen LogP contribution is 2.10. The van der Waals surface area contributed by atoms with Crippen LogP contribution in [-0.2, 0) is 6.54 Å². The van der Waals surface area contributed by atoms with E-state index < -0.39 is 0 Å². The molecule has 6 heteroatoms. The van der Waals surface area contributed by atoms with E-state index in [9.17, 15) is 0 Å². The monoisotopic (exact) mass is 310 g/mol. The molecule has 0 fully saturated rings. The Hall–Kier alpha value is -1.56. The van der Waals surface area contributed by atoms with Crippen molar-refractivity contribution in [3.8, 4) is 0 Å². The molecule has 1 unspecified atom stereocenters. The Morgan fingerprint density at radius 1 is 1.27 bits per heavy atom. The molecule has 1 heterocycles. The number of aliphatic hydroxyl groups is 1. The SMILES string of the molecule is CCCC(CCO)CNC(=NCc1nc(C)c(C)o1)NCC. The first-order chi connectivity index (χ1) is 10.6. The van der Waals surface area contributed by atoms with Gasteiger partial charge in [-0.1, -0.05) is 13.3 Å².